The lowest BCUT2D eigenvalue weighted by Gasteiger charge is -2.10. The molecule has 0 spiro atoms. The number of rotatable bonds is 9. The van der Waals surface area contributed by atoms with E-state index >= 15 is 0 Å². The SMILES string of the molecule is CC[C@@H](C)c1ccc(OCCC[NH2+]CCO)cc1. The van der Waals surface area contributed by atoms with Gasteiger partial charge in [-0.25, -0.2) is 0 Å². The van der Waals surface area contributed by atoms with Crippen LogP contribution in [0.5, 0.6) is 5.75 Å². The maximum atomic E-state index is 8.63. The van der Waals surface area contributed by atoms with E-state index in [1.54, 1.807) is 0 Å². The van der Waals surface area contributed by atoms with Gasteiger partial charge in [0.25, 0.3) is 0 Å². The van der Waals surface area contributed by atoms with E-state index in [1.165, 1.54) is 12.0 Å². The first-order valence-corrected chi connectivity index (χ1v) is 6.93. The molecule has 1 atom stereocenters. The maximum absolute atomic E-state index is 8.63. The minimum absolute atomic E-state index is 0.248. The fourth-order valence-electron chi connectivity index (χ4n) is 1.78. The highest BCUT2D eigenvalue weighted by atomic mass is 16.5. The van der Waals surface area contributed by atoms with Crippen LogP contribution in [0.3, 0.4) is 0 Å². The van der Waals surface area contributed by atoms with Gasteiger partial charge in [0.1, 0.15) is 5.75 Å². The van der Waals surface area contributed by atoms with Crippen molar-refractivity contribution in [2.45, 2.75) is 32.6 Å². The summed E-state index contributed by atoms with van der Waals surface area (Å²) in [6, 6.07) is 8.42. The molecule has 0 fully saturated rings. The van der Waals surface area contributed by atoms with Crippen LogP contribution in [0.2, 0.25) is 0 Å². The molecule has 0 saturated heterocycles. The Labute approximate surface area is 110 Å². The summed E-state index contributed by atoms with van der Waals surface area (Å²) in [7, 11) is 0. The van der Waals surface area contributed by atoms with Crippen LogP contribution >= 0.6 is 0 Å². The van der Waals surface area contributed by atoms with Crippen LogP contribution in [0, 0.1) is 0 Å². The third kappa shape index (κ3) is 5.52. The number of benzene rings is 1. The lowest BCUT2D eigenvalue weighted by Crippen LogP contribution is -2.85. The van der Waals surface area contributed by atoms with E-state index in [4.69, 9.17) is 9.84 Å². The second kappa shape index (κ2) is 8.95. The fraction of sp³-hybridized carbons (Fsp3) is 0.600. The molecule has 1 aromatic carbocycles. The van der Waals surface area contributed by atoms with Gasteiger partial charge in [0.15, 0.2) is 0 Å². The summed E-state index contributed by atoms with van der Waals surface area (Å²) in [6.45, 7) is 7.22. The van der Waals surface area contributed by atoms with Crippen LogP contribution in [0.1, 0.15) is 38.2 Å². The highest BCUT2D eigenvalue weighted by molar-refractivity contribution is 5.29. The van der Waals surface area contributed by atoms with Crippen LogP contribution in [-0.2, 0) is 0 Å². The van der Waals surface area contributed by atoms with E-state index in [0.717, 1.165) is 31.9 Å². The Morgan fingerprint density at radius 1 is 1.22 bits per heavy atom. The average Bonchev–Trinajstić information content (AvgIpc) is 2.42. The van der Waals surface area contributed by atoms with Crippen LogP contribution in [0.25, 0.3) is 0 Å². The molecule has 3 heteroatoms. The van der Waals surface area contributed by atoms with E-state index in [9.17, 15) is 0 Å². The number of aliphatic hydroxyl groups excluding tert-OH is 1. The first-order valence-electron chi connectivity index (χ1n) is 6.93. The molecule has 0 aliphatic rings. The molecule has 1 rings (SSSR count). The van der Waals surface area contributed by atoms with E-state index < -0.39 is 0 Å². The molecular weight excluding hydrogens is 226 g/mol. The zero-order valence-electron chi connectivity index (χ0n) is 11.6. The van der Waals surface area contributed by atoms with Gasteiger partial charge in [-0.3, -0.25) is 0 Å². The Bertz CT molecular complexity index is 311. The van der Waals surface area contributed by atoms with E-state index in [2.05, 4.69) is 43.4 Å². The van der Waals surface area contributed by atoms with Crippen LogP contribution in [-0.4, -0.2) is 31.4 Å². The van der Waals surface area contributed by atoms with E-state index in [1.807, 2.05) is 0 Å². The first-order chi connectivity index (χ1) is 8.77. The second-order valence-corrected chi connectivity index (χ2v) is 4.67. The number of hydrogen-bond acceptors (Lipinski definition) is 2. The van der Waals surface area contributed by atoms with Crippen LogP contribution in [0.15, 0.2) is 24.3 Å². The number of hydrogen-bond donors (Lipinski definition) is 2. The van der Waals surface area contributed by atoms with Crippen molar-refractivity contribution in [3.63, 3.8) is 0 Å². The Morgan fingerprint density at radius 3 is 2.56 bits per heavy atom. The molecule has 18 heavy (non-hydrogen) atoms. The summed E-state index contributed by atoms with van der Waals surface area (Å²) in [4.78, 5) is 0. The van der Waals surface area contributed by atoms with Crippen molar-refractivity contribution in [2.75, 3.05) is 26.3 Å². The van der Waals surface area contributed by atoms with Crippen molar-refractivity contribution in [1.82, 2.24) is 0 Å². The molecule has 102 valence electrons. The van der Waals surface area contributed by atoms with Gasteiger partial charge in [0, 0.05) is 6.42 Å². The predicted octanol–water partition coefficient (Wildman–Crippen LogP) is 1.52. The Balaban J connectivity index is 2.22. The molecule has 0 heterocycles. The van der Waals surface area contributed by atoms with Crippen molar-refractivity contribution in [3.8, 4) is 5.75 Å². The topological polar surface area (TPSA) is 46.1 Å². The van der Waals surface area contributed by atoms with Crippen molar-refractivity contribution < 1.29 is 15.2 Å². The Hall–Kier alpha value is -1.06. The van der Waals surface area contributed by atoms with Crippen molar-refractivity contribution in [1.29, 1.82) is 0 Å². The normalized spacial score (nSPS) is 12.4. The number of aliphatic hydroxyl groups is 1. The van der Waals surface area contributed by atoms with Gasteiger partial charge >= 0.3 is 0 Å². The Morgan fingerprint density at radius 2 is 1.94 bits per heavy atom. The molecule has 3 nitrogen and oxygen atoms in total. The largest absolute Gasteiger partial charge is 0.493 e. The van der Waals surface area contributed by atoms with Gasteiger partial charge in [0.2, 0.25) is 0 Å². The highest BCUT2D eigenvalue weighted by Crippen LogP contribution is 2.21. The van der Waals surface area contributed by atoms with Gasteiger partial charge in [-0.05, 0) is 30.0 Å². The van der Waals surface area contributed by atoms with Gasteiger partial charge in [-0.2, -0.15) is 0 Å². The minimum atomic E-state index is 0.248. The molecule has 0 bridgehead atoms. The summed E-state index contributed by atoms with van der Waals surface area (Å²) >= 11 is 0. The van der Waals surface area contributed by atoms with Gasteiger partial charge in [-0.1, -0.05) is 26.0 Å². The number of nitrogens with two attached hydrogens (primary N) is 1. The maximum Gasteiger partial charge on any atom is 0.119 e. The smallest absolute Gasteiger partial charge is 0.119 e. The van der Waals surface area contributed by atoms with Gasteiger partial charge < -0.3 is 15.2 Å². The van der Waals surface area contributed by atoms with Gasteiger partial charge in [0.05, 0.1) is 26.3 Å². The summed E-state index contributed by atoms with van der Waals surface area (Å²) in [5.74, 6) is 1.57. The molecule has 0 aliphatic carbocycles. The number of ether oxygens (including phenoxy) is 1. The lowest BCUT2D eigenvalue weighted by molar-refractivity contribution is -0.656. The lowest BCUT2D eigenvalue weighted by atomic mass is 9.99. The van der Waals surface area contributed by atoms with Crippen LogP contribution in [0.4, 0.5) is 0 Å². The molecular formula is C15H26NO2+. The monoisotopic (exact) mass is 252 g/mol. The third-order valence-electron chi connectivity index (χ3n) is 3.22. The van der Waals surface area contributed by atoms with Gasteiger partial charge in [-0.15, -0.1) is 0 Å². The van der Waals surface area contributed by atoms with Crippen LogP contribution < -0.4 is 10.1 Å². The summed E-state index contributed by atoms with van der Waals surface area (Å²) < 4.78 is 5.67. The quantitative estimate of drug-likeness (QED) is 0.655. The molecule has 0 saturated carbocycles. The minimum Gasteiger partial charge on any atom is -0.493 e. The third-order valence-corrected chi connectivity index (χ3v) is 3.22. The van der Waals surface area contributed by atoms with Crippen molar-refractivity contribution in [2.24, 2.45) is 0 Å². The molecule has 0 radical (unpaired) electrons. The highest BCUT2D eigenvalue weighted by Gasteiger charge is 2.02. The Kier molecular flexibility index (Phi) is 7.46. The van der Waals surface area contributed by atoms with E-state index in [0.29, 0.717) is 5.92 Å². The standard InChI is InChI=1S/C15H25NO2/c1-3-13(2)14-5-7-15(8-6-14)18-12-4-9-16-10-11-17/h5-8,13,16-17H,3-4,9-12H2,1-2H3/p+1/t13-/m1/s1. The summed E-state index contributed by atoms with van der Waals surface area (Å²) in [5, 5.41) is 10.7. The predicted molar refractivity (Wildman–Crippen MR) is 74.0 cm³/mol. The average molecular weight is 252 g/mol. The fourth-order valence-corrected chi connectivity index (χ4v) is 1.78. The second-order valence-electron chi connectivity index (χ2n) is 4.67. The molecule has 1 aromatic rings. The first kappa shape index (κ1) is 15.0. The van der Waals surface area contributed by atoms with E-state index in [-0.39, 0.29) is 6.61 Å². The van der Waals surface area contributed by atoms with Crippen molar-refractivity contribution >= 4 is 0 Å². The molecule has 0 amide bonds. The zero-order chi connectivity index (χ0) is 13.2. The zero-order valence-corrected chi connectivity index (χ0v) is 11.6. The summed E-state index contributed by atoms with van der Waals surface area (Å²) in [5.41, 5.74) is 1.38. The molecule has 0 unspecified atom stereocenters. The summed E-state index contributed by atoms with van der Waals surface area (Å²) in [6.07, 6.45) is 2.17. The van der Waals surface area contributed by atoms with Crippen molar-refractivity contribution in [3.05, 3.63) is 29.8 Å². The molecule has 0 aliphatic heterocycles. The molecule has 0 aromatic heterocycles. The molecule has 3 N–H and O–H groups in total. The number of quaternary nitrogens is 1.